The van der Waals surface area contributed by atoms with Gasteiger partial charge in [0.2, 0.25) is 11.8 Å². The molecule has 1 aliphatic carbocycles. The number of methoxy groups -OCH3 is 2. The number of hydrogen-bond donors (Lipinski definition) is 1. The molecule has 1 aromatic rings. The number of piperidine rings is 1. The maximum absolute atomic E-state index is 12.0. The molecule has 2 amide bonds. The molecule has 2 N–H and O–H groups in total. The highest BCUT2D eigenvalue weighted by Crippen LogP contribution is 2.47. The lowest BCUT2D eigenvalue weighted by Crippen LogP contribution is -2.38. The van der Waals surface area contributed by atoms with Crippen LogP contribution in [0.5, 0.6) is 11.5 Å². The Morgan fingerprint density at radius 2 is 1.81 bits per heavy atom. The monoisotopic (exact) mass is 290 g/mol. The maximum atomic E-state index is 12.0. The normalized spacial score (nSPS) is 24.8. The summed E-state index contributed by atoms with van der Waals surface area (Å²) in [6.07, 6.45) is 0.708. The molecule has 2 aliphatic rings. The quantitative estimate of drug-likeness (QED) is 0.808. The molecule has 1 saturated carbocycles. The lowest BCUT2D eigenvalue weighted by molar-refractivity contribution is -0.141. The molecular weight excluding hydrogens is 272 g/mol. The summed E-state index contributed by atoms with van der Waals surface area (Å²) >= 11 is 0. The van der Waals surface area contributed by atoms with Crippen molar-refractivity contribution in [2.24, 2.45) is 17.6 Å². The summed E-state index contributed by atoms with van der Waals surface area (Å²) in [6.45, 7) is 0.208. The van der Waals surface area contributed by atoms with Crippen molar-refractivity contribution >= 4 is 11.8 Å². The fourth-order valence-electron chi connectivity index (χ4n) is 2.82. The van der Waals surface area contributed by atoms with Crippen molar-refractivity contribution in [2.45, 2.75) is 12.5 Å². The lowest BCUT2D eigenvalue weighted by atomic mass is 10.1. The first-order valence-electron chi connectivity index (χ1n) is 6.89. The smallest absolute Gasteiger partial charge is 0.233 e. The van der Waals surface area contributed by atoms with Gasteiger partial charge in [-0.25, -0.2) is 0 Å². The van der Waals surface area contributed by atoms with Gasteiger partial charge in [-0.2, -0.15) is 0 Å². The minimum absolute atomic E-state index is 0.0825. The van der Waals surface area contributed by atoms with Crippen LogP contribution in [-0.2, 0) is 9.59 Å². The summed E-state index contributed by atoms with van der Waals surface area (Å²) in [5.74, 6) is 0.849. The van der Waals surface area contributed by atoms with Crippen LogP contribution in [0.15, 0.2) is 18.2 Å². The van der Waals surface area contributed by atoms with E-state index in [1.165, 1.54) is 4.90 Å². The van der Waals surface area contributed by atoms with Gasteiger partial charge in [0, 0.05) is 12.6 Å². The first kappa shape index (κ1) is 13.9. The Kier molecular flexibility index (Phi) is 3.33. The van der Waals surface area contributed by atoms with Crippen LogP contribution in [0.1, 0.15) is 18.0 Å². The van der Waals surface area contributed by atoms with E-state index in [1.54, 1.807) is 26.4 Å². The Morgan fingerprint density at radius 1 is 1.19 bits per heavy atom. The summed E-state index contributed by atoms with van der Waals surface area (Å²) in [5.41, 5.74) is 6.93. The van der Waals surface area contributed by atoms with Gasteiger partial charge in [0.05, 0.1) is 26.1 Å². The van der Waals surface area contributed by atoms with Gasteiger partial charge in [-0.05, 0) is 24.1 Å². The third kappa shape index (κ3) is 2.25. The SMILES string of the molecule is COc1ccc(C(N)CN2C(=O)C3CC3C2=O)cc1OC. The van der Waals surface area contributed by atoms with Gasteiger partial charge in [0.15, 0.2) is 11.5 Å². The average Bonchev–Trinajstić information content (AvgIpc) is 3.26. The first-order chi connectivity index (χ1) is 10.1. The molecule has 3 atom stereocenters. The van der Waals surface area contributed by atoms with E-state index in [0.29, 0.717) is 17.9 Å². The van der Waals surface area contributed by atoms with Crippen LogP contribution in [-0.4, -0.2) is 37.5 Å². The van der Waals surface area contributed by atoms with Crippen LogP contribution in [0.2, 0.25) is 0 Å². The van der Waals surface area contributed by atoms with Crippen LogP contribution in [0, 0.1) is 11.8 Å². The standard InChI is InChI=1S/C15H18N2O4/c1-20-12-4-3-8(5-13(12)21-2)11(16)7-17-14(18)9-6-10(9)15(17)19/h3-5,9-11H,6-7,16H2,1-2H3. The van der Waals surface area contributed by atoms with E-state index in [4.69, 9.17) is 15.2 Å². The van der Waals surface area contributed by atoms with E-state index in [0.717, 1.165) is 5.56 Å². The summed E-state index contributed by atoms with van der Waals surface area (Å²) in [6, 6.07) is 4.92. The molecule has 1 heterocycles. The predicted molar refractivity (Wildman–Crippen MR) is 74.8 cm³/mol. The minimum Gasteiger partial charge on any atom is -0.493 e. The third-order valence-corrected chi connectivity index (χ3v) is 4.17. The number of hydrogen-bond acceptors (Lipinski definition) is 5. The van der Waals surface area contributed by atoms with E-state index in [2.05, 4.69) is 0 Å². The number of nitrogens with zero attached hydrogens (tertiary/aromatic N) is 1. The first-order valence-corrected chi connectivity index (χ1v) is 6.89. The second-order valence-corrected chi connectivity index (χ2v) is 5.46. The number of imide groups is 1. The molecule has 0 radical (unpaired) electrons. The molecular formula is C15H18N2O4. The van der Waals surface area contributed by atoms with Crippen molar-refractivity contribution in [2.75, 3.05) is 20.8 Å². The van der Waals surface area contributed by atoms with Crippen molar-refractivity contribution in [3.63, 3.8) is 0 Å². The van der Waals surface area contributed by atoms with Crippen molar-refractivity contribution < 1.29 is 19.1 Å². The highest BCUT2D eigenvalue weighted by molar-refractivity contribution is 6.08. The van der Waals surface area contributed by atoms with Crippen LogP contribution in [0.3, 0.4) is 0 Å². The fourth-order valence-corrected chi connectivity index (χ4v) is 2.82. The minimum atomic E-state index is -0.435. The van der Waals surface area contributed by atoms with Crippen LogP contribution >= 0.6 is 0 Å². The number of nitrogens with two attached hydrogens (primary N) is 1. The zero-order valence-electron chi connectivity index (χ0n) is 12.0. The number of likely N-dealkylation sites (tertiary alicyclic amines) is 1. The number of carbonyl (C=O) groups excluding carboxylic acids is 2. The maximum Gasteiger partial charge on any atom is 0.233 e. The van der Waals surface area contributed by atoms with Crippen LogP contribution in [0.4, 0.5) is 0 Å². The zero-order chi connectivity index (χ0) is 15.1. The van der Waals surface area contributed by atoms with Crippen molar-refractivity contribution in [1.29, 1.82) is 0 Å². The molecule has 21 heavy (non-hydrogen) atoms. The van der Waals surface area contributed by atoms with E-state index >= 15 is 0 Å². The van der Waals surface area contributed by atoms with Crippen LogP contribution < -0.4 is 15.2 Å². The van der Waals surface area contributed by atoms with Crippen LogP contribution in [0.25, 0.3) is 0 Å². The Balaban J connectivity index is 1.75. The molecule has 6 heteroatoms. The van der Waals surface area contributed by atoms with E-state index < -0.39 is 6.04 Å². The molecule has 3 unspecified atom stereocenters. The molecule has 0 spiro atoms. The van der Waals surface area contributed by atoms with Gasteiger partial charge in [-0.15, -0.1) is 0 Å². The van der Waals surface area contributed by atoms with Gasteiger partial charge in [-0.1, -0.05) is 6.07 Å². The molecule has 2 fully saturated rings. The van der Waals surface area contributed by atoms with Gasteiger partial charge in [0.1, 0.15) is 0 Å². The Bertz CT molecular complexity index is 581. The van der Waals surface area contributed by atoms with Crippen molar-refractivity contribution in [3.05, 3.63) is 23.8 Å². The Morgan fingerprint density at radius 3 is 2.38 bits per heavy atom. The second-order valence-electron chi connectivity index (χ2n) is 5.46. The Labute approximate surface area is 122 Å². The molecule has 112 valence electrons. The largest absolute Gasteiger partial charge is 0.493 e. The molecule has 1 aromatic carbocycles. The molecule has 0 bridgehead atoms. The molecule has 1 aliphatic heterocycles. The average molecular weight is 290 g/mol. The van der Waals surface area contributed by atoms with E-state index in [1.807, 2.05) is 6.07 Å². The number of carbonyl (C=O) groups is 2. The lowest BCUT2D eigenvalue weighted by Gasteiger charge is -2.22. The van der Waals surface area contributed by atoms with Crippen molar-refractivity contribution in [1.82, 2.24) is 4.90 Å². The third-order valence-electron chi connectivity index (χ3n) is 4.17. The van der Waals surface area contributed by atoms with Gasteiger partial charge in [0.25, 0.3) is 0 Å². The Hall–Kier alpha value is -2.08. The molecule has 0 aromatic heterocycles. The predicted octanol–water partition coefficient (Wildman–Crippen LogP) is 0.708. The van der Waals surface area contributed by atoms with Gasteiger partial charge < -0.3 is 15.2 Å². The molecule has 1 saturated heterocycles. The molecule has 6 nitrogen and oxygen atoms in total. The number of rotatable bonds is 5. The van der Waals surface area contributed by atoms with E-state index in [9.17, 15) is 9.59 Å². The van der Waals surface area contributed by atoms with Crippen molar-refractivity contribution in [3.8, 4) is 11.5 Å². The zero-order valence-corrected chi connectivity index (χ0v) is 12.0. The number of ether oxygens (including phenoxy) is 2. The number of benzene rings is 1. The van der Waals surface area contributed by atoms with Gasteiger partial charge >= 0.3 is 0 Å². The summed E-state index contributed by atoms with van der Waals surface area (Å²) < 4.78 is 10.4. The summed E-state index contributed by atoms with van der Waals surface area (Å²) in [7, 11) is 3.11. The molecule has 3 rings (SSSR count). The van der Waals surface area contributed by atoms with Gasteiger partial charge in [-0.3, -0.25) is 14.5 Å². The fraction of sp³-hybridized carbons (Fsp3) is 0.467. The topological polar surface area (TPSA) is 81.9 Å². The highest BCUT2D eigenvalue weighted by atomic mass is 16.5. The van der Waals surface area contributed by atoms with E-state index in [-0.39, 0.29) is 30.2 Å². The second kappa shape index (κ2) is 5.04. The highest BCUT2D eigenvalue weighted by Gasteiger charge is 2.58. The number of amides is 2. The number of fused-ring (bicyclic) bond motifs is 1. The summed E-state index contributed by atoms with van der Waals surface area (Å²) in [4.78, 5) is 25.2. The summed E-state index contributed by atoms with van der Waals surface area (Å²) in [5, 5.41) is 0.